The topological polar surface area (TPSA) is 51.0 Å². The molecule has 102 valence electrons. The molecule has 0 aliphatic heterocycles. The second-order valence-electron chi connectivity index (χ2n) is 4.78. The van der Waals surface area contributed by atoms with E-state index in [0.29, 0.717) is 12.6 Å². The number of aromatic nitrogens is 2. The lowest BCUT2D eigenvalue weighted by atomic mass is 10.1. The summed E-state index contributed by atoms with van der Waals surface area (Å²) < 4.78 is 1.58. The highest BCUT2D eigenvalue weighted by atomic mass is 32.1. The van der Waals surface area contributed by atoms with E-state index in [2.05, 4.69) is 29.4 Å². The van der Waals surface area contributed by atoms with Crippen LogP contribution < -0.4 is 10.9 Å². The van der Waals surface area contributed by atoms with Gasteiger partial charge in [-0.3, -0.25) is 9.20 Å². The largest absolute Gasteiger partial charge is 0.335 e. The van der Waals surface area contributed by atoms with Crippen LogP contribution >= 0.6 is 11.3 Å². The van der Waals surface area contributed by atoms with Gasteiger partial charge in [-0.15, -0.1) is 11.3 Å². The second-order valence-corrected chi connectivity index (χ2v) is 5.65. The smallest absolute Gasteiger partial charge is 0.258 e. The standard InChI is InChI=1S/C15H15N3OS/c1-11(12-5-3-2-4-6-12)16-10-13-9-14(19)18-7-8-20-15(18)17-13/h2-9,11,16H,10H2,1H3/p+1/t11-/m0/s1. The molecule has 4 nitrogen and oxygen atoms in total. The highest BCUT2D eigenvalue weighted by Crippen LogP contribution is 2.08. The maximum Gasteiger partial charge on any atom is 0.258 e. The summed E-state index contributed by atoms with van der Waals surface area (Å²) >= 11 is 1.48. The van der Waals surface area contributed by atoms with Gasteiger partial charge in [0.2, 0.25) is 0 Å². The van der Waals surface area contributed by atoms with E-state index < -0.39 is 0 Å². The van der Waals surface area contributed by atoms with E-state index in [1.165, 1.54) is 16.9 Å². The van der Waals surface area contributed by atoms with Gasteiger partial charge in [0.15, 0.2) is 4.96 Å². The van der Waals surface area contributed by atoms with Crippen LogP contribution in [0.5, 0.6) is 0 Å². The molecular weight excluding hydrogens is 270 g/mol. The first-order valence-corrected chi connectivity index (χ1v) is 7.46. The number of quaternary nitrogens is 1. The lowest BCUT2D eigenvalue weighted by molar-refractivity contribution is -0.708. The van der Waals surface area contributed by atoms with Crippen molar-refractivity contribution >= 4 is 16.3 Å². The predicted octanol–water partition coefficient (Wildman–Crippen LogP) is 1.58. The van der Waals surface area contributed by atoms with Crippen molar-refractivity contribution < 1.29 is 5.32 Å². The number of fused-ring (bicyclic) bond motifs is 1. The fourth-order valence-corrected chi connectivity index (χ4v) is 2.92. The first-order chi connectivity index (χ1) is 9.74. The van der Waals surface area contributed by atoms with Crippen molar-refractivity contribution in [1.29, 1.82) is 0 Å². The highest BCUT2D eigenvalue weighted by Gasteiger charge is 2.10. The van der Waals surface area contributed by atoms with E-state index >= 15 is 0 Å². The molecule has 0 unspecified atom stereocenters. The fourth-order valence-electron chi connectivity index (χ4n) is 2.18. The molecule has 3 rings (SSSR count). The molecule has 0 bridgehead atoms. The SMILES string of the molecule is C[C@H]([NH2+]Cc1cc(=O)n2ccsc2n1)c1ccccc1. The summed E-state index contributed by atoms with van der Waals surface area (Å²) in [5.41, 5.74) is 2.11. The molecular formula is C15H16N3OS+. The molecule has 3 aromatic rings. The van der Waals surface area contributed by atoms with Gasteiger partial charge in [0.25, 0.3) is 5.56 Å². The molecule has 0 spiro atoms. The van der Waals surface area contributed by atoms with Gasteiger partial charge in [0, 0.05) is 23.2 Å². The first-order valence-electron chi connectivity index (χ1n) is 6.58. The number of nitrogens with two attached hydrogens (primary N) is 1. The number of benzene rings is 1. The number of hydrogen-bond acceptors (Lipinski definition) is 3. The van der Waals surface area contributed by atoms with Crippen molar-refractivity contribution in [1.82, 2.24) is 9.38 Å². The Balaban J connectivity index is 1.75. The Morgan fingerprint density at radius 2 is 2.15 bits per heavy atom. The molecule has 0 saturated heterocycles. The lowest BCUT2D eigenvalue weighted by Gasteiger charge is -2.10. The third-order valence-corrected chi connectivity index (χ3v) is 4.12. The zero-order valence-electron chi connectivity index (χ0n) is 11.2. The van der Waals surface area contributed by atoms with Crippen molar-refractivity contribution in [3.8, 4) is 0 Å². The van der Waals surface area contributed by atoms with Crippen LogP contribution in [0.3, 0.4) is 0 Å². The zero-order chi connectivity index (χ0) is 13.9. The quantitative estimate of drug-likeness (QED) is 0.791. The summed E-state index contributed by atoms with van der Waals surface area (Å²) in [5.74, 6) is 0. The Bertz CT molecular complexity index is 763. The van der Waals surface area contributed by atoms with Crippen molar-refractivity contribution in [2.45, 2.75) is 19.5 Å². The third kappa shape index (κ3) is 2.64. The van der Waals surface area contributed by atoms with Gasteiger partial charge >= 0.3 is 0 Å². The van der Waals surface area contributed by atoms with Crippen LogP contribution in [0.4, 0.5) is 0 Å². The van der Waals surface area contributed by atoms with Gasteiger partial charge in [-0.2, -0.15) is 0 Å². The van der Waals surface area contributed by atoms with Gasteiger partial charge in [0.1, 0.15) is 18.3 Å². The predicted molar refractivity (Wildman–Crippen MR) is 79.8 cm³/mol. The fraction of sp³-hybridized carbons (Fsp3) is 0.200. The van der Waals surface area contributed by atoms with Crippen LogP contribution in [0.15, 0.2) is 52.8 Å². The summed E-state index contributed by atoms with van der Waals surface area (Å²) in [6.07, 6.45) is 1.76. The van der Waals surface area contributed by atoms with E-state index in [-0.39, 0.29) is 5.56 Å². The average Bonchev–Trinajstić information content (AvgIpc) is 2.94. The number of thiazole rings is 1. The minimum Gasteiger partial charge on any atom is -0.335 e. The Morgan fingerprint density at radius 1 is 1.35 bits per heavy atom. The number of nitrogens with zero attached hydrogens (tertiary/aromatic N) is 2. The van der Waals surface area contributed by atoms with Gasteiger partial charge < -0.3 is 5.32 Å². The van der Waals surface area contributed by atoms with Gasteiger partial charge in [0.05, 0.1) is 0 Å². The first kappa shape index (κ1) is 13.0. The normalized spacial score (nSPS) is 12.7. The molecule has 0 amide bonds. The van der Waals surface area contributed by atoms with E-state index in [0.717, 1.165) is 10.7 Å². The Morgan fingerprint density at radius 3 is 2.95 bits per heavy atom. The molecule has 0 saturated carbocycles. The number of hydrogen-bond donors (Lipinski definition) is 1. The van der Waals surface area contributed by atoms with E-state index in [1.54, 1.807) is 16.7 Å². The highest BCUT2D eigenvalue weighted by molar-refractivity contribution is 7.15. The minimum atomic E-state index is -0.00739. The maximum atomic E-state index is 11.9. The van der Waals surface area contributed by atoms with E-state index in [1.807, 2.05) is 23.6 Å². The van der Waals surface area contributed by atoms with Gasteiger partial charge in [-0.1, -0.05) is 30.3 Å². The minimum absolute atomic E-state index is 0.00739. The maximum absolute atomic E-state index is 11.9. The van der Waals surface area contributed by atoms with Crippen molar-refractivity contribution in [3.63, 3.8) is 0 Å². The van der Waals surface area contributed by atoms with Crippen LogP contribution in [-0.4, -0.2) is 9.38 Å². The Labute approximate surface area is 120 Å². The molecule has 0 aliphatic carbocycles. The molecule has 0 fully saturated rings. The van der Waals surface area contributed by atoms with Crippen molar-refractivity contribution in [2.24, 2.45) is 0 Å². The molecule has 1 aromatic carbocycles. The van der Waals surface area contributed by atoms with Crippen LogP contribution in [0, 0.1) is 0 Å². The molecule has 0 aliphatic rings. The molecule has 20 heavy (non-hydrogen) atoms. The summed E-state index contributed by atoms with van der Waals surface area (Å²) in [6, 6.07) is 12.3. The van der Waals surface area contributed by atoms with Crippen LogP contribution in [0.2, 0.25) is 0 Å². The Kier molecular flexibility index (Phi) is 3.62. The molecule has 2 aromatic heterocycles. The summed E-state index contributed by atoms with van der Waals surface area (Å²) in [6.45, 7) is 2.87. The second kappa shape index (κ2) is 5.56. The van der Waals surface area contributed by atoms with Crippen molar-refractivity contribution in [3.05, 3.63) is 69.6 Å². The zero-order valence-corrected chi connectivity index (χ0v) is 12.0. The molecule has 0 radical (unpaired) electrons. The molecule has 1 atom stereocenters. The van der Waals surface area contributed by atoms with Gasteiger partial charge in [-0.25, -0.2) is 4.98 Å². The molecule has 5 heteroatoms. The summed E-state index contributed by atoms with van der Waals surface area (Å²) in [5, 5.41) is 4.07. The van der Waals surface area contributed by atoms with Crippen LogP contribution in [0.1, 0.15) is 24.2 Å². The van der Waals surface area contributed by atoms with E-state index in [9.17, 15) is 4.79 Å². The third-order valence-electron chi connectivity index (χ3n) is 3.36. The molecule has 2 heterocycles. The lowest BCUT2D eigenvalue weighted by Crippen LogP contribution is -2.83. The Hall–Kier alpha value is -1.98. The van der Waals surface area contributed by atoms with Crippen LogP contribution in [0.25, 0.3) is 4.96 Å². The van der Waals surface area contributed by atoms with Gasteiger partial charge in [-0.05, 0) is 6.92 Å². The molecule has 2 N–H and O–H groups in total. The number of rotatable bonds is 4. The van der Waals surface area contributed by atoms with E-state index in [4.69, 9.17) is 0 Å². The van der Waals surface area contributed by atoms with Crippen molar-refractivity contribution in [2.75, 3.05) is 0 Å². The monoisotopic (exact) mass is 286 g/mol. The average molecular weight is 286 g/mol. The summed E-state index contributed by atoms with van der Waals surface area (Å²) in [4.78, 5) is 17.2. The summed E-state index contributed by atoms with van der Waals surface area (Å²) in [7, 11) is 0. The van der Waals surface area contributed by atoms with Crippen LogP contribution in [-0.2, 0) is 6.54 Å².